The van der Waals surface area contributed by atoms with E-state index in [2.05, 4.69) is 67.7 Å². The Morgan fingerprint density at radius 2 is 1.32 bits per heavy atom. The topological polar surface area (TPSA) is 27.7 Å². The number of rotatable bonds is 5. The van der Waals surface area contributed by atoms with Crippen LogP contribution in [-0.4, -0.2) is 16.6 Å². The van der Waals surface area contributed by atoms with E-state index in [1.165, 1.54) is 0 Å². The summed E-state index contributed by atoms with van der Waals surface area (Å²) in [6, 6.07) is 14.1. The summed E-state index contributed by atoms with van der Waals surface area (Å²) < 4.78 is 47.2. The Balaban J connectivity index is 1.65. The third kappa shape index (κ3) is 5.60. The van der Waals surface area contributed by atoms with Crippen LogP contribution in [-0.2, 0) is 0 Å². The Morgan fingerprint density at radius 3 is 1.84 bits per heavy atom. The van der Waals surface area contributed by atoms with Crippen LogP contribution in [0.4, 0.5) is 8.78 Å². The highest BCUT2D eigenvalue weighted by molar-refractivity contribution is 6.75. The van der Waals surface area contributed by atoms with Gasteiger partial charge in [0, 0.05) is 11.5 Å². The molecule has 3 atom stereocenters. The SMILES string of the molecule is CC(C)(C)[Si](C)(C)Oc1ccc(C2Oc3ccc(O[Si](C)(C)C(C)(C)C)cc3C3CC(=C(F)F)CC32)cc1. The summed E-state index contributed by atoms with van der Waals surface area (Å²) in [5, 5.41) is 0.166. The second-order valence-corrected chi connectivity index (χ2v) is 23.5. The van der Waals surface area contributed by atoms with Crippen LogP contribution < -0.4 is 13.6 Å². The molecule has 0 radical (unpaired) electrons. The summed E-state index contributed by atoms with van der Waals surface area (Å²) >= 11 is 0. The molecule has 1 aliphatic heterocycles. The van der Waals surface area contributed by atoms with Crippen LogP contribution in [0.2, 0.25) is 36.3 Å². The van der Waals surface area contributed by atoms with Crippen molar-refractivity contribution in [3.63, 3.8) is 0 Å². The molecule has 2 aliphatic rings. The van der Waals surface area contributed by atoms with Gasteiger partial charge in [-0.2, -0.15) is 8.78 Å². The highest BCUT2D eigenvalue weighted by Gasteiger charge is 2.46. The van der Waals surface area contributed by atoms with E-state index < -0.39 is 22.7 Å². The molecule has 0 N–H and O–H groups in total. The predicted molar refractivity (Wildman–Crippen MR) is 157 cm³/mol. The molecule has 208 valence electrons. The van der Waals surface area contributed by atoms with E-state index in [1.54, 1.807) is 0 Å². The maximum Gasteiger partial charge on any atom is 0.269 e. The monoisotopic (exact) mass is 558 g/mol. The number of ether oxygens (including phenoxy) is 1. The van der Waals surface area contributed by atoms with Gasteiger partial charge in [0.25, 0.3) is 6.08 Å². The number of halogens is 2. The molecule has 0 amide bonds. The Morgan fingerprint density at radius 1 is 0.789 bits per heavy atom. The molecule has 1 saturated carbocycles. The number of fused-ring (bicyclic) bond motifs is 3. The van der Waals surface area contributed by atoms with Crippen LogP contribution in [0.3, 0.4) is 0 Å². The van der Waals surface area contributed by atoms with Crippen molar-refractivity contribution in [3.8, 4) is 17.2 Å². The highest BCUT2D eigenvalue weighted by Crippen LogP contribution is 2.57. The molecule has 2 aromatic rings. The molecule has 0 spiro atoms. The van der Waals surface area contributed by atoms with Crippen molar-refractivity contribution in [1.82, 2.24) is 0 Å². The molecule has 3 unspecified atom stereocenters. The molecule has 3 nitrogen and oxygen atoms in total. The fraction of sp³-hybridized carbons (Fsp3) is 0.548. The summed E-state index contributed by atoms with van der Waals surface area (Å²) in [6.07, 6.45) is -1.15. The van der Waals surface area contributed by atoms with E-state index in [4.69, 9.17) is 13.6 Å². The first kappa shape index (κ1) is 28.9. The van der Waals surface area contributed by atoms with E-state index in [0.717, 1.165) is 28.4 Å². The average Bonchev–Trinajstić information content (AvgIpc) is 3.23. The van der Waals surface area contributed by atoms with Gasteiger partial charge in [0.05, 0.1) is 0 Å². The lowest BCUT2D eigenvalue weighted by Crippen LogP contribution is -2.43. The normalized spacial score (nSPS) is 21.9. The van der Waals surface area contributed by atoms with Gasteiger partial charge in [-0.05, 0) is 96.5 Å². The van der Waals surface area contributed by atoms with Gasteiger partial charge < -0.3 is 13.6 Å². The first-order valence-electron chi connectivity index (χ1n) is 13.7. The van der Waals surface area contributed by atoms with Gasteiger partial charge >= 0.3 is 0 Å². The highest BCUT2D eigenvalue weighted by atomic mass is 28.4. The molecule has 1 fully saturated rings. The molecule has 1 heterocycles. The van der Waals surface area contributed by atoms with E-state index in [1.807, 2.05) is 42.5 Å². The summed E-state index contributed by atoms with van der Waals surface area (Å²) in [4.78, 5) is 0. The average molecular weight is 559 g/mol. The van der Waals surface area contributed by atoms with Crippen LogP contribution in [0.5, 0.6) is 17.2 Å². The van der Waals surface area contributed by atoms with Crippen molar-refractivity contribution < 1.29 is 22.4 Å². The van der Waals surface area contributed by atoms with Gasteiger partial charge in [-0.25, -0.2) is 0 Å². The van der Waals surface area contributed by atoms with E-state index in [0.29, 0.717) is 12.8 Å². The second-order valence-electron chi connectivity index (χ2n) is 14.1. The number of hydrogen-bond donors (Lipinski definition) is 0. The maximum atomic E-state index is 13.8. The largest absolute Gasteiger partial charge is 0.544 e. The summed E-state index contributed by atoms with van der Waals surface area (Å²) in [6.45, 7) is 22.2. The molecule has 0 saturated heterocycles. The third-order valence-electron chi connectivity index (χ3n) is 9.32. The van der Waals surface area contributed by atoms with Gasteiger partial charge in [-0.3, -0.25) is 0 Å². The first-order valence-corrected chi connectivity index (χ1v) is 19.5. The van der Waals surface area contributed by atoms with Crippen LogP contribution in [0.1, 0.15) is 77.5 Å². The Labute approximate surface area is 229 Å². The van der Waals surface area contributed by atoms with Gasteiger partial charge in [-0.1, -0.05) is 53.7 Å². The fourth-order valence-corrected chi connectivity index (χ4v) is 6.94. The van der Waals surface area contributed by atoms with E-state index in [9.17, 15) is 8.78 Å². The molecular weight excluding hydrogens is 515 g/mol. The minimum Gasteiger partial charge on any atom is -0.544 e. The smallest absolute Gasteiger partial charge is 0.269 e. The van der Waals surface area contributed by atoms with Crippen molar-refractivity contribution in [2.75, 3.05) is 0 Å². The number of hydrogen-bond acceptors (Lipinski definition) is 3. The molecule has 38 heavy (non-hydrogen) atoms. The standard InChI is InChI=1S/C31H44F2O3Si2/c1-30(2,3)37(7,8)35-22-13-11-20(12-14-22)28-26-18-21(29(32)33)17-24(26)25-19-23(15-16-27(25)34-28)36-38(9,10)31(4,5)6/h11-16,19,24,26,28H,17-18H2,1-10H3. The molecular formula is C31H44F2O3Si2. The number of benzene rings is 2. The minimum atomic E-state index is -2.04. The zero-order chi connectivity index (χ0) is 28.3. The molecule has 7 heteroatoms. The van der Waals surface area contributed by atoms with Crippen LogP contribution in [0.25, 0.3) is 0 Å². The Kier molecular flexibility index (Phi) is 7.45. The Hall–Kier alpha value is -2.13. The minimum absolute atomic E-state index is 0.0358. The third-order valence-corrected chi connectivity index (χ3v) is 18.0. The zero-order valence-corrected chi connectivity index (χ0v) is 26.7. The second kappa shape index (κ2) is 9.81. The number of allylic oxidation sites excluding steroid dienone is 1. The molecule has 2 aromatic carbocycles. The van der Waals surface area contributed by atoms with Crippen molar-refractivity contribution in [3.05, 3.63) is 65.2 Å². The molecule has 0 bridgehead atoms. The summed E-state index contributed by atoms with van der Waals surface area (Å²) in [5.41, 5.74) is 2.22. The van der Waals surface area contributed by atoms with E-state index in [-0.39, 0.29) is 33.6 Å². The van der Waals surface area contributed by atoms with Gasteiger partial charge in [0.1, 0.15) is 23.4 Å². The van der Waals surface area contributed by atoms with Crippen LogP contribution >= 0.6 is 0 Å². The van der Waals surface area contributed by atoms with Gasteiger partial charge in [-0.15, -0.1) is 0 Å². The van der Waals surface area contributed by atoms with Crippen molar-refractivity contribution in [1.29, 1.82) is 0 Å². The zero-order valence-electron chi connectivity index (χ0n) is 24.7. The lowest BCUT2D eigenvalue weighted by atomic mass is 9.80. The Bertz CT molecular complexity index is 1200. The summed E-state index contributed by atoms with van der Waals surface area (Å²) in [7, 11) is -3.99. The summed E-state index contributed by atoms with van der Waals surface area (Å²) in [5.74, 6) is 2.32. The van der Waals surface area contributed by atoms with Crippen molar-refractivity contribution in [2.24, 2.45) is 5.92 Å². The van der Waals surface area contributed by atoms with Crippen LogP contribution in [0, 0.1) is 5.92 Å². The first-order chi connectivity index (χ1) is 17.4. The van der Waals surface area contributed by atoms with Crippen molar-refractivity contribution in [2.45, 2.75) is 103 Å². The predicted octanol–water partition coefficient (Wildman–Crippen LogP) is 10.2. The van der Waals surface area contributed by atoms with Gasteiger partial charge in [0.2, 0.25) is 16.6 Å². The van der Waals surface area contributed by atoms with Crippen LogP contribution in [0.15, 0.2) is 54.1 Å². The maximum absolute atomic E-state index is 13.8. The molecule has 0 aromatic heterocycles. The van der Waals surface area contributed by atoms with E-state index >= 15 is 0 Å². The quantitative estimate of drug-likeness (QED) is 0.342. The fourth-order valence-electron chi connectivity index (χ4n) is 4.89. The molecule has 4 rings (SSSR count). The lowest BCUT2D eigenvalue weighted by Gasteiger charge is -2.39. The van der Waals surface area contributed by atoms with Gasteiger partial charge in [0.15, 0.2) is 0 Å². The lowest BCUT2D eigenvalue weighted by molar-refractivity contribution is 0.105. The van der Waals surface area contributed by atoms with Crippen molar-refractivity contribution >= 4 is 16.6 Å². The molecule has 1 aliphatic carbocycles.